The highest BCUT2D eigenvalue weighted by molar-refractivity contribution is 7.08. The molecule has 2 aromatic rings. The van der Waals surface area contributed by atoms with Crippen molar-refractivity contribution in [3.8, 4) is 0 Å². The van der Waals surface area contributed by atoms with Crippen LogP contribution < -0.4 is 10.2 Å². The van der Waals surface area contributed by atoms with E-state index in [1.165, 1.54) is 11.7 Å². The number of aromatic nitrogens is 2. The summed E-state index contributed by atoms with van der Waals surface area (Å²) in [6, 6.07) is 1.86. The number of amides is 1. The summed E-state index contributed by atoms with van der Waals surface area (Å²) in [5.41, 5.74) is 0.765. The molecule has 3 heterocycles. The zero-order valence-electron chi connectivity index (χ0n) is 11.0. The first kappa shape index (κ1) is 13.5. The second-order valence-electron chi connectivity index (χ2n) is 4.92. The molecular formula is C13H16N4OS2. The molecule has 1 aliphatic rings. The molecule has 0 saturated carbocycles. The molecule has 5 nitrogen and oxygen atoms in total. The summed E-state index contributed by atoms with van der Waals surface area (Å²) in [5, 5.41) is 6.84. The minimum absolute atomic E-state index is 0.0392. The molecule has 2 aromatic heterocycles. The number of hydrogen-bond donors (Lipinski definition) is 1. The molecule has 1 saturated heterocycles. The van der Waals surface area contributed by atoms with Crippen molar-refractivity contribution < 1.29 is 4.79 Å². The second kappa shape index (κ2) is 6.32. The highest BCUT2D eigenvalue weighted by atomic mass is 32.1. The summed E-state index contributed by atoms with van der Waals surface area (Å²) in [6.45, 7) is 2.74. The molecule has 0 radical (unpaired) electrons. The molecule has 1 aliphatic heterocycles. The van der Waals surface area contributed by atoms with Gasteiger partial charge >= 0.3 is 0 Å². The van der Waals surface area contributed by atoms with Gasteiger partial charge in [0.2, 0.25) is 0 Å². The van der Waals surface area contributed by atoms with Gasteiger partial charge in [-0.1, -0.05) is 0 Å². The van der Waals surface area contributed by atoms with Crippen molar-refractivity contribution in [2.24, 2.45) is 5.92 Å². The number of carbonyl (C=O) groups excluding carboxylic acids is 1. The van der Waals surface area contributed by atoms with E-state index < -0.39 is 0 Å². The summed E-state index contributed by atoms with van der Waals surface area (Å²) in [5.74, 6) is 1.58. The van der Waals surface area contributed by atoms with Crippen LogP contribution in [0.25, 0.3) is 0 Å². The van der Waals surface area contributed by atoms with Crippen LogP contribution >= 0.6 is 23.1 Å². The van der Waals surface area contributed by atoms with Gasteiger partial charge in [-0.3, -0.25) is 4.79 Å². The third-order valence-corrected chi connectivity index (χ3v) is 4.77. The van der Waals surface area contributed by atoms with Crippen LogP contribution in [0.1, 0.15) is 23.2 Å². The third-order valence-electron chi connectivity index (χ3n) is 3.62. The number of hydrogen-bond acceptors (Lipinski definition) is 6. The highest BCUT2D eigenvalue weighted by Gasteiger charge is 2.21. The average molecular weight is 308 g/mol. The largest absolute Gasteiger partial charge is 0.354 e. The molecule has 1 fully saturated rings. The zero-order chi connectivity index (χ0) is 13.8. The molecule has 0 spiro atoms. The van der Waals surface area contributed by atoms with E-state index in [0.717, 1.165) is 43.9 Å². The van der Waals surface area contributed by atoms with E-state index >= 15 is 0 Å². The molecule has 0 bridgehead atoms. The van der Waals surface area contributed by atoms with E-state index in [4.69, 9.17) is 0 Å². The smallest absolute Gasteiger partial charge is 0.252 e. The average Bonchev–Trinajstić information content (AvgIpc) is 3.18. The first-order valence-corrected chi connectivity index (χ1v) is 8.33. The van der Waals surface area contributed by atoms with Gasteiger partial charge in [0.15, 0.2) is 5.82 Å². The van der Waals surface area contributed by atoms with E-state index in [-0.39, 0.29) is 5.91 Å². The second-order valence-corrected chi connectivity index (χ2v) is 6.25. The van der Waals surface area contributed by atoms with Crippen molar-refractivity contribution in [3.05, 3.63) is 28.6 Å². The minimum Gasteiger partial charge on any atom is -0.354 e. The van der Waals surface area contributed by atoms with Crippen LogP contribution in [-0.2, 0) is 0 Å². The van der Waals surface area contributed by atoms with Gasteiger partial charge in [-0.15, -0.1) is 0 Å². The van der Waals surface area contributed by atoms with Crippen molar-refractivity contribution in [1.29, 1.82) is 0 Å². The number of nitrogens with one attached hydrogen (secondary N) is 1. The van der Waals surface area contributed by atoms with Gasteiger partial charge in [0.05, 0.1) is 17.9 Å². The van der Waals surface area contributed by atoms with Crippen LogP contribution in [0.15, 0.2) is 23.0 Å². The minimum atomic E-state index is 0.0392. The number of rotatable bonds is 4. The lowest BCUT2D eigenvalue weighted by atomic mass is 9.97. The van der Waals surface area contributed by atoms with E-state index in [2.05, 4.69) is 19.0 Å². The lowest BCUT2D eigenvalue weighted by Gasteiger charge is -2.31. The summed E-state index contributed by atoms with van der Waals surface area (Å²) in [6.07, 6.45) is 3.99. The van der Waals surface area contributed by atoms with Gasteiger partial charge in [-0.05, 0) is 30.2 Å². The standard InChI is InChI=1S/C13H16N4OS2/c18-13(11-3-6-19-9-11)14-7-10-1-4-17(5-2-10)12-8-15-20-16-12/h3,6,8-10H,1-2,4-5,7H2,(H,14,18). The van der Waals surface area contributed by atoms with Gasteiger partial charge in [0, 0.05) is 30.6 Å². The maximum Gasteiger partial charge on any atom is 0.252 e. The molecule has 7 heteroatoms. The normalized spacial score (nSPS) is 16.3. The number of nitrogens with zero attached hydrogens (tertiary/aromatic N) is 3. The summed E-state index contributed by atoms with van der Waals surface area (Å²) < 4.78 is 8.30. The fraction of sp³-hybridized carbons (Fsp3) is 0.462. The molecule has 1 amide bonds. The topological polar surface area (TPSA) is 58.1 Å². The number of carbonyl (C=O) groups is 1. The first-order valence-electron chi connectivity index (χ1n) is 6.66. The van der Waals surface area contributed by atoms with Crippen LogP contribution in [0.4, 0.5) is 5.82 Å². The van der Waals surface area contributed by atoms with E-state index in [1.54, 1.807) is 11.3 Å². The molecule has 0 atom stereocenters. The van der Waals surface area contributed by atoms with Crippen molar-refractivity contribution in [2.45, 2.75) is 12.8 Å². The fourth-order valence-electron chi connectivity index (χ4n) is 2.40. The maximum atomic E-state index is 11.9. The highest BCUT2D eigenvalue weighted by Crippen LogP contribution is 2.21. The molecule has 0 unspecified atom stereocenters. The Hall–Kier alpha value is -1.47. The molecule has 0 aliphatic carbocycles. The number of piperidine rings is 1. The SMILES string of the molecule is O=C(NCC1CCN(c2cnsn2)CC1)c1ccsc1. The summed E-state index contributed by atoms with van der Waals surface area (Å²) in [4.78, 5) is 14.1. The molecule has 0 aromatic carbocycles. The van der Waals surface area contributed by atoms with E-state index in [1.807, 2.05) is 23.0 Å². The predicted octanol–water partition coefficient (Wildman–Crippen LogP) is 2.25. The number of thiophene rings is 1. The Morgan fingerprint density at radius 1 is 1.45 bits per heavy atom. The van der Waals surface area contributed by atoms with Crippen molar-refractivity contribution in [2.75, 3.05) is 24.5 Å². The van der Waals surface area contributed by atoms with Gasteiger partial charge in [0.25, 0.3) is 5.91 Å². The Morgan fingerprint density at radius 3 is 2.95 bits per heavy atom. The quantitative estimate of drug-likeness (QED) is 0.941. The van der Waals surface area contributed by atoms with Gasteiger partial charge < -0.3 is 10.2 Å². The Labute approximate surface area is 126 Å². The van der Waals surface area contributed by atoms with Gasteiger partial charge in [-0.25, -0.2) is 0 Å². The summed E-state index contributed by atoms with van der Waals surface area (Å²) >= 11 is 2.80. The van der Waals surface area contributed by atoms with Gasteiger partial charge in [0.1, 0.15) is 0 Å². The third kappa shape index (κ3) is 3.16. The Balaban J connectivity index is 1.44. The van der Waals surface area contributed by atoms with Crippen LogP contribution in [0.5, 0.6) is 0 Å². The summed E-state index contributed by atoms with van der Waals surface area (Å²) in [7, 11) is 0. The molecule has 3 rings (SSSR count). The van der Waals surface area contributed by atoms with E-state index in [9.17, 15) is 4.79 Å². The van der Waals surface area contributed by atoms with Crippen molar-refractivity contribution in [3.63, 3.8) is 0 Å². The molecule has 20 heavy (non-hydrogen) atoms. The zero-order valence-corrected chi connectivity index (χ0v) is 12.6. The fourth-order valence-corrected chi connectivity index (χ4v) is 3.47. The van der Waals surface area contributed by atoms with Crippen molar-refractivity contribution >= 4 is 34.8 Å². The lowest BCUT2D eigenvalue weighted by Crippen LogP contribution is -2.38. The van der Waals surface area contributed by atoms with Crippen LogP contribution in [0, 0.1) is 5.92 Å². The van der Waals surface area contributed by atoms with Gasteiger partial charge in [-0.2, -0.15) is 20.1 Å². The van der Waals surface area contributed by atoms with Crippen LogP contribution in [0.3, 0.4) is 0 Å². The Kier molecular flexibility index (Phi) is 4.27. The predicted molar refractivity (Wildman–Crippen MR) is 81.5 cm³/mol. The van der Waals surface area contributed by atoms with E-state index in [0.29, 0.717) is 5.92 Å². The van der Waals surface area contributed by atoms with Crippen LogP contribution in [0.2, 0.25) is 0 Å². The lowest BCUT2D eigenvalue weighted by molar-refractivity contribution is 0.0945. The molecule has 1 N–H and O–H groups in total. The molecular weight excluding hydrogens is 292 g/mol. The van der Waals surface area contributed by atoms with Crippen molar-refractivity contribution in [1.82, 2.24) is 14.1 Å². The monoisotopic (exact) mass is 308 g/mol. The number of anilines is 1. The maximum absolute atomic E-state index is 11.9. The first-order chi connectivity index (χ1) is 9.83. The Bertz CT molecular complexity index is 533. The Morgan fingerprint density at radius 2 is 2.30 bits per heavy atom. The molecule has 106 valence electrons. The van der Waals surface area contributed by atoms with Crippen LogP contribution in [-0.4, -0.2) is 34.3 Å².